The molecule has 0 spiro atoms. The standard InChI is InChI=1S/C16H17ClN2O3S/c1-2-12(13-7-8-14(17)23-13)19-16(22)18-9-10-3-5-11(6-4-10)15(20)21/h3-8,12H,2,9H2,1H3,(H,20,21)(H2,18,19,22). The topological polar surface area (TPSA) is 78.4 Å². The van der Waals surface area contributed by atoms with Gasteiger partial charge < -0.3 is 15.7 Å². The fourth-order valence-electron chi connectivity index (χ4n) is 2.05. The molecule has 0 aliphatic rings. The smallest absolute Gasteiger partial charge is 0.335 e. The first-order chi connectivity index (χ1) is 11.0. The zero-order valence-electron chi connectivity index (χ0n) is 12.5. The third-order valence-electron chi connectivity index (χ3n) is 3.30. The number of rotatable bonds is 6. The minimum Gasteiger partial charge on any atom is -0.478 e. The predicted octanol–water partition coefficient (Wildman–Crippen LogP) is 4.05. The molecule has 3 N–H and O–H groups in total. The monoisotopic (exact) mass is 352 g/mol. The first-order valence-corrected chi connectivity index (χ1v) is 8.31. The van der Waals surface area contributed by atoms with Gasteiger partial charge in [-0.15, -0.1) is 11.3 Å². The Kier molecular flexibility index (Phi) is 6.01. The molecule has 7 heteroatoms. The van der Waals surface area contributed by atoms with Crippen molar-refractivity contribution in [1.82, 2.24) is 10.6 Å². The van der Waals surface area contributed by atoms with E-state index in [1.807, 2.05) is 19.1 Å². The van der Waals surface area contributed by atoms with E-state index in [4.69, 9.17) is 16.7 Å². The van der Waals surface area contributed by atoms with Crippen molar-refractivity contribution in [2.75, 3.05) is 0 Å². The van der Waals surface area contributed by atoms with Gasteiger partial charge in [0.2, 0.25) is 0 Å². The summed E-state index contributed by atoms with van der Waals surface area (Å²) in [7, 11) is 0. The van der Waals surface area contributed by atoms with E-state index < -0.39 is 5.97 Å². The largest absolute Gasteiger partial charge is 0.478 e. The minimum atomic E-state index is -0.970. The van der Waals surface area contributed by atoms with Gasteiger partial charge in [-0.3, -0.25) is 0 Å². The lowest BCUT2D eigenvalue weighted by molar-refractivity contribution is 0.0697. The molecule has 2 amide bonds. The van der Waals surface area contributed by atoms with Crippen LogP contribution in [0.25, 0.3) is 0 Å². The first kappa shape index (κ1) is 17.3. The zero-order chi connectivity index (χ0) is 16.8. The molecule has 2 rings (SSSR count). The van der Waals surface area contributed by atoms with Crippen molar-refractivity contribution in [3.8, 4) is 0 Å². The molecule has 1 aromatic heterocycles. The Balaban J connectivity index is 1.87. The maximum absolute atomic E-state index is 12.0. The Labute approximate surface area is 143 Å². The summed E-state index contributed by atoms with van der Waals surface area (Å²) in [6.07, 6.45) is 0.761. The van der Waals surface area contributed by atoms with Crippen molar-refractivity contribution in [3.63, 3.8) is 0 Å². The van der Waals surface area contributed by atoms with E-state index >= 15 is 0 Å². The van der Waals surface area contributed by atoms with Crippen LogP contribution in [0.2, 0.25) is 4.34 Å². The zero-order valence-corrected chi connectivity index (χ0v) is 14.1. The summed E-state index contributed by atoms with van der Waals surface area (Å²) in [5.74, 6) is -0.970. The van der Waals surface area contributed by atoms with Crippen LogP contribution < -0.4 is 10.6 Å². The molecule has 0 radical (unpaired) electrons. The van der Waals surface area contributed by atoms with Gasteiger partial charge in [0.15, 0.2) is 0 Å². The summed E-state index contributed by atoms with van der Waals surface area (Å²) in [4.78, 5) is 23.8. The molecule has 1 heterocycles. The van der Waals surface area contributed by atoms with Crippen molar-refractivity contribution in [2.24, 2.45) is 0 Å². The van der Waals surface area contributed by atoms with Crippen LogP contribution in [0.15, 0.2) is 36.4 Å². The average Bonchev–Trinajstić information content (AvgIpc) is 2.97. The fourth-order valence-corrected chi connectivity index (χ4v) is 3.24. The highest BCUT2D eigenvalue weighted by molar-refractivity contribution is 7.16. The molecule has 1 atom stereocenters. The molecule has 122 valence electrons. The molecule has 2 aromatic rings. The van der Waals surface area contributed by atoms with E-state index in [0.717, 1.165) is 16.9 Å². The summed E-state index contributed by atoms with van der Waals surface area (Å²) in [5, 5.41) is 14.5. The van der Waals surface area contributed by atoms with Crippen LogP contribution in [0.5, 0.6) is 0 Å². The van der Waals surface area contributed by atoms with E-state index in [1.54, 1.807) is 12.1 Å². The van der Waals surface area contributed by atoms with E-state index in [2.05, 4.69) is 10.6 Å². The number of benzene rings is 1. The van der Waals surface area contributed by atoms with Gasteiger partial charge in [0.1, 0.15) is 0 Å². The third-order valence-corrected chi connectivity index (χ3v) is 4.65. The Bertz CT molecular complexity index is 685. The molecule has 0 saturated heterocycles. The second kappa shape index (κ2) is 7.99. The SMILES string of the molecule is CCC(NC(=O)NCc1ccc(C(=O)O)cc1)c1ccc(Cl)s1. The van der Waals surface area contributed by atoms with Gasteiger partial charge in [-0.1, -0.05) is 30.7 Å². The highest BCUT2D eigenvalue weighted by Gasteiger charge is 2.14. The van der Waals surface area contributed by atoms with Crippen molar-refractivity contribution >= 4 is 34.9 Å². The van der Waals surface area contributed by atoms with E-state index in [1.165, 1.54) is 23.5 Å². The number of halogens is 1. The number of hydrogen-bond acceptors (Lipinski definition) is 3. The minimum absolute atomic E-state index is 0.0816. The van der Waals surface area contributed by atoms with Crippen LogP contribution >= 0.6 is 22.9 Å². The van der Waals surface area contributed by atoms with E-state index in [-0.39, 0.29) is 17.6 Å². The number of urea groups is 1. The van der Waals surface area contributed by atoms with Gasteiger partial charge in [-0.25, -0.2) is 9.59 Å². The molecule has 0 aliphatic heterocycles. The quantitative estimate of drug-likeness (QED) is 0.733. The van der Waals surface area contributed by atoms with Crippen LogP contribution in [-0.2, 0) is 6.54 Å². The van der Waals surface area contributed by atoms with Crippen LogP contribution in [0.3, 0.4) is 0 Å². The van der Waals surface area contributed by atoms with Gasteiger partial charge in [-0.05, 0) is 36.2 Å². The molecule has 0 fully saturated rings. The summed E-state index contributed by atoms with van der Waals surface area (Å²) < 4.78 is 0.694. The number of hydrogen-bond donors (Lipinski definition) is 3. The number of carbonyl (C=O) groups excluding carboxylic acids is 1. The Morgan fingerprint density at radius 3 is 2.43 bits per heavy atom. The summed E-state index contributed by atoms with van der Waals surface area (Å²) in [6.45, 7) is 2.32. The van der Waals surface area contributed by atoms with Crippen LogP contribution in [0, 0.1) is 0 Å². The number of aromatic carboxylic acids is 1. The molecule has 0 aliphatic carbocycles. The lowest BCUT2D eigenvalue weighted by atomic mass is 10.1. The molecule has 1 unspecified atom stereocenters. The average molecular weight is 353 g/mol. The maximum Gasteiger partial charge on any atom is 0.335 e. The number of carbonyl (C=O) groups is 2. The summed E-state index contributed by atoms with van der Waals surface area (Å²) in [5.41, 5.74) is 1.05. The van der Waals surface area contributed by atoms with Crippen molar-refractivity contribution in [3.05, 3.63) is 56.7 Å². The molecular formula is C16H17ClN2O3S. The predicted molar refractivity (Wildman–Crippen MR) is 91.1 cm³/mol. The van der Waals surface area contributed by atoms with Gasteiger partial charge in [0.25, 0.3) is 0 Å². The number of nitrogens with one attached hydrogen (secondary N) is 2. The van der Waals surface area contributed by atoms with Gasteiger partial charge >= 0.3 is 12.0 Å². The Morgan fingerprint density at radius 1 is 1.22 bits per heavy atom. The van der Waals surface area contributed by atoms with Crippen molar-refractivity contribution in [1.29, 1.82) is 0 Å². The lowest BCUT2D eigenvalue weighted by Gasteiger charge is -2.16. The van der Waals surface area contributed by atoms with Crippen LogP contribution in [0.1, 0.15) is 40.2 Å². The highest BCUT2D eigenvalue weighted by Crippen LogP contribution is 2.28. The van der Waals surface area contributed by atoms with Crippen molar-refractivity contribution in [2.45, 2.75) is 25.9 Å². The number of amides is 2. The fraction of sp³-hybridized carbons (Fsp3) is 0.250. The Morgan fingerprint density at radius 2 is 1.91 bits per heavy atom. The molecule has 23 heavy (non-hydrogen) atoms. The summed E-state index contributed by atoms with van der Waals surface area (Å²) >= 11 is 7.37. The third kappa shape index (κ3) is 4.97. The second-order valence-corrected chi connectivity index (χ2v) is 6.68. The summed E-state index contributed by atoms with van der Waals surface area (Å²) in [6, 6.07) is 9.75. The maximum atomic E-state index is 12.0. The van der Waals surface area contributed by atoms with Crippen molar-refractivity contribution < 1.29 is 14.7 Å². The molecule has 0 saturated carbocycles. The second-order valence-electron chi connectivity index (χ2n) is 4.93. The van der Waals surface area contributed by atoms with Crippen LogP contribution in [0.4, 0.5) is 4.79 Å². The number of carboxylic acid groups (broad SMARTS) is 1. The van der Waals surface area contributed by atoms with Gasteiger partial charge in [0, 0.05) is 11.4 Å². The van der Waals surface area contributed by atoms with Crippen LogP contribution in [-0.4, -0.2) is 17.1 Å². The molecule has 0 bridgehead atoms. The normalized spacial score (nSPS) is 11.7. The Hall–Kier alpha value is -2.05. The molecular weight excluding hydrogens is 336 g/mol. The van der Waals surface area contributed by atoms with Gasteiger partial charge in [0.05, 0.1) is 15.9 Å². The lowest BCUT2D eigenvalue weighted by Crippen LogP contribution is -2.37. The van der Waals surface area contributed by atoms with E-state index in [9.17, 15) is 9.59 Å². The highest BCUT2D eigenvalue weighted by atomic mass is 35.5. The number of carboxylic acids is 1. The van der Waals surface area contributed by atoms with Gasteiger partial charge in [-0.2, -0.15) is 0 Å². The molecule has 5 nitrogen and oxygen atoms in total. The molecule has 1 aromatic carbocycles. The first-order valence-electron chi connectivity index (χ1n) is 7.11. The number of thiophene rings is 1. The van der Waals surface area contributed by atoms with E-state index in [0.29, 0.717) is 10.9 Å².